The molecule has 0 spiro atoms. The SMILES string of the molecule is CCc1noc2ncc(C(=O)N3CCNCC3c3ccccc3OC)cc12. The summed E-state index contributed by atoms with van der Waals surface area (Å²) in [4.78, 5) is 19.5. The molecule has 27 heavy (non-hydrogen) atoms. The van der Waals surface area contributed by atoms with Crippen molar-refractivity contribution in [2.24, 2.45) is 0 Å². The zero-order valence-electron chi connectivity index (χ0n) is 15.4. The number of hydrogen-bond acceptors (Lipinski definition) is 6. The number of carbonyl (C=O) groups is 1. The fourth-order valence-electron chi connectivity index (χ4n) is 3.58. The van der Waals surface area contributed by atoms with Gasteiger partial charge in [0.15, 0.2) is 0 Å². The van der Waals surface area contributed by atoms with Crippen molar-refractivity contribution in [2.45, 2.75) is 19.4 Å². The van der Waals surface area contributed by atoms with Crippen molar-refractivity contribution in [3.8, 4) is 5.75 Å². The normalized spacial score (nSPS) is 17.3. The molecule has 7 heteroatoms. The molecule has 0 bridgehead atoms. The van der Waals surface area contributed by atoms with Crippen LogP contribution in [-0.4, -0.2) is 47.7 Å². The monoisotopic (exact) mass is 366 g/mol. The second-order valence-corrected chi connectivity index (χ2v) is 6.52. The van der Waals surface area contributed by atoms with Crippen molar-refractivity contribution in [3.05, 3.63) is 53.3 Å². The summed E-state index contributed by atoms with van der Waals surface area (Å²) in [7, 11) is 1.65. The van der Waals surface area contributed by atoms with Crippen LogP contribution in [0.2, 0.25) is 0 Å². The van der Waals surface area contributed by atoms with E-state index in [2.05, 4.69) is 15.5 Å². The Hall–Kier alpha value is -2.93. The Morgan fingerprint density at radius 1 is 1.41 bits per heavy atom. The van der Waals surface area contributed by atoms with E-state index < -0.39 is 0 Å². The maximum atomic E-state index is 13.3. The topological polar surface area (TPSA) is 80.5 Å². The molecule has 1 saturated heterocycles. The van der Waals surface area contributed by atoms with Gasteiger partial charge in [0, 0.05) is 31.4 Å². The number of methoxy groups -OCH3 is 1. The summed E-state index contributed by atoms with van der Waals surface area (Å²) in [6.07, 6.45) is 2.29. The molecule has 1 aromatic carbocycles. The molecule has 1 atom stereocenters. The first kappa shape index (κ1) is 17.5. The van der Waals surface area contributed by atoms with E-state index in [1.807, 2.05) is 42.2 Å². The number of hydrogen-bond donors (Lipinski definition) is 1. The van der Waals surface area contributed by atoms with Gasteiger partial charge in [-0.3, -0.25) is 4.79 Å². The van der Waals surface area contributed by atoms with Gasteiger partial charge in [0.25, 0.3) is 11.6 Å². The zero-order valence-corrected chi connectivity index (χ0v) is 15.4. The minimum Gasteiger partial charge on any atom is -0.496 e. The molecule has 1 aliphatic rings. The summed E-state index contributed by atoms with van der Waals surface area (Å²) < 4.78 is 10.7. The minimum absolute atomic E-state index is 0.0509. The molecule has 7 nitrogen and oxygen atoms in total. The largest absolute Gasteiger partial charge is 0.496 e. The molecule has 4 rings (SSSR count). The second kappa shape index (κ2) is 7.36. The molecule has 1 aliphatic heterocycles. The molecule has 2 aromatic heterocycles. The molecule has 0 saturated carbocycles. The quantitative estimate of drug-likeness (QED) is 0.764. The molecule has 0 aliphatic carbocycles. The van der Waals surface area contributed by atoms with Gasteiger partial charge >= 0.3 is 0 Å². The van der Waals surface area contributed by atoms with Crippen molar-refractivity contribution in [1.82, 2.24) is 20.4 Å². The third kappa shape index (κ3) is 3.14. The van der Waals surface area contributed by atoms with Crippen LogP contribution in [0.3, 0.4) is 0 Å². The van der Waals surface area contributed by atoms with Crippen LogP contribution in [0.1, 0.15) is 34.6 Å². The maximum absolute atomic E-state index is 13.3. The van der Waals surface area contributed by atoms with Crippen LogP contribution in [0.4, 0.5) is 0 Å². The maximum Gasteiger partial charge on any atom is 0.257 e. The summed E-state index contributed by atoms with van der Waals surface area (Å²) >= 11 is 0. The Labute approximate surface area is 157 Å². The number of nitrogens with one attached hydrogen (secondary N) is 1. The average Bonchev–Trinajstić information content (AvgIpc) is 3.15. The van der Waals surface area contributed by atoms with Crippen LogP contribution in [0.5, 0.6) is 5.75 Å². The molecule has 140 valence electrons. The highest BCUT2D eigenvalue weighted by molar-refractivity contribution is 5.97. The molecule has 3 heterocycles. The van der Waals surface area contributed by atoms with Gasteiger partial charge in [-0.25, -0.2) is 4.98 Å². The standard InChI is InChI=1S/C20H22N4O3/c1-3-16-15-10-13(11-22-19(15)27-23-16)20(25)24-9-8-21-12-17(24)14-6-4-5-7-18(14)26-2/h4-7,10-11,17,21H,3,8-9,12H2,1-2H3. The summed E-state index contributed by atoms with van der Waals surface area (Å²) in [5, 5.41) is 8.20. The van der Waals surface area contributed by atoms with E-state index in [9.17, 15) is 4.79 Å². The number of para-hydroxylation sites is 1. The number of piperazine rings is 1. The van der Waals surface area contributed by atoms with Crippen molar-refractivity contribution < 1.29 is 14.1 Å². The van der Waals surface area contributed by atoms with Crippen molar-refractivity contribution in [2.75, 3.05) is 26.7 Å². The molecular weight excluding hydrogens is 344 g/mol. The first-order valence-corrected chi connectivity index (χ1v) is 9.11. The van der Waals surface area contributed by atoms with Gasteiger partial charge in [0.05, 0.1) is 29.8 Å². The number of ether oxygens (including phenoxy) is 1. The first-order valence-electron chi connectivity index (χ1n) is 9.11. The van der Waals surface area contributed by atoms with Gasteiger partial charge in [0.1, 0.15) is 5.75 Å². The van der Waals surface area contributed by atoms with Gasteiger partial charge < -0.3 is 19.5 Å². The van der Waals surface area contributed by atoms with Crippen LogP contribution in [0.15, 0.2) is 41.1 Å². The number of aromatic nitrogens is 2. The molecule has 1 unspecified atom stereocenters. The van der Waals surface area contributed by atoms with Crippen LogP contribution in [0.25, 0.3) is 11.1 Å². The number of pyridine rings is 1. The molecule has 1 fully saturated rings. The van der Waals surface area contributed by atoms with E-state index in [0.717, 1.165) is 35.4 Å². The lowest BCUT2D eigenvalue weighted by molar-refractivity contribution is 0.0631. The highest BCUT2D eigenvalue weighted by atomic mass is 16.5. The smallest absolute Gasteiger partial charge is 0.257 e. The molecule has 3 aromatic rings. The predicted octanol–water partition coefficient (Wildman–Crippen LogP) is 2.58. The Kier molecular flexibility index (Phi) is 4.77. The van der Waals surface area contributed by atoms with E-state index in [1.165, 1.54) is 0 Å². The average molecular weight is 366 g/mol. The van der Waals surface area contributed by atoms with E-state index in [1.54, 1.807) is 13.3 Å². The van der Waals surface area contributed by atoms with Gasteiger partial charge in [-0.05, 0) is 18.6 Å². The lowest BCUT2D eigenvalue weighted by Gasteiger charge is -2.37. The minimum atomic E-state index is -0.105. The third-order valence-corrected chi connectivity index (χ3v) is 4.99. The highest BCUT2D eigenvalue weighted by Crippen LogP contribution is 2.31. The zero-order chi connectivity index (χ0) is 18.8. The van der Waals surface area contributed by atoms with Crippen molar-refractivity contribution >= 4 is 17.0 Å². The molecule has 1 amide bonds. The van der Waals surface area contributed by atoms with Crippen molar-refractivity contribution in [1.29, 1.82) is 0 Å². The van der Waals surface area contributed by atoms with Crippen molar-refractivity contribution in [3.63, 3.8) is 0 Å². The van der Waals surface area contributed by atoms with E-state index in [-0.39, 0.29) is 11.9 Å². The Morgan fingerprint density at radius 2 is 2.26 bits per heavy atom. The molecular formula is C20H22N4O3. The fraction of sp³-hybridized carbons (Fsp3) is 0.350. The Morgan fingerprint density at radius 3 is 3.07 bits per heavy atom. The number of carbonyl (C=O) groups excluding carboxylic acids is 1. The molecule has 0 radical (unpaired) electrons. The first-order chi connectivity index (χ1) is 13.2. The van der Waals surface area contributed by atoms with Gasteiger partial charge in [-0.2, -0.15) is 0 Å². The second-order valence-electron chi connectivity index (χ2n) is 6.52. The summed E-state index contributed by atoms with van der Waals surface area (Å²) in [6.45, 7) is 4.04. The highest BCUT2D eigenvalue weighted by Gasteiger charge is 2.31. The lowest BCUT2D eigenvalue weighted by Crippen LogP contribution is -2.48. The Balaban J connectivity index is 1.70. The van der Waals surface area contributed by atoms with Crippen LogP contribution < -0.4 is 10.1 Å². The number of rotatable bonds is 4. The molecule has 1 N–H and O–H groups in total. The van der Waals surface area contributed by atoms with E-state index >= 15 is 0 Å². The number of aryl methyl sites for hydroxylation is 1. The van der Waals surface area contributed by atoms with E-state index in [0.29, 0.717) is 24.4 Å². The van der Waals surface area contributed by atoms with Crippen LogP contribution >= 0.6 is 0 Å². The van der Waals surface area contributed by atoms with Crippen LogP contribution in [-0.2, 0) is 6.42 Å². The number of amides is 1. The number of benzene rings is 1. The van der Waals surface area contributed by atoms with E-state index in [4.69, 9.17) is 9.26 Å². The van der Waals surface area contributed by atoms with Gasteiger partial charge in [0.2, 0.25) is 0 Å². The predicted molar refractivity (Wildman–Crippen MR) is 101 cm³/mol. The Bertz CT molecular complexity index is 969. The summed E-state index contributed by atoms with van der Waals surface area (Å²) in [5.74, 6) is 0.731. The fourth-order valence-corrected chi connectivity index (χ4v) is 3.58. The number of fused-ring (bicyclic) bond motifs is 1. The van der Waals surface area contributed by atoms with Gasteiger partial charge in [-0.15, -0.1) is 0 Å². The van der Waals surface area contributed by atoms with Gasteiger partial charge in [-0.1, -0.05) is 30.3 Å². The van der Waals surface area contributed by atoms with Crippen LogP contribution in [0, 0.1) is 0 Å². The third-order valence-electron chi connectivity index (χ3n) is 4.99. The number of nitrogens with zero attached hydrogens (tertiary/aromatic N) is 3. The summed E-state index contributed by atoms with van der Waals surface area (Å²) in [6, 6.07) is 9.56. The summed E-state index contributed by atoms with van der Waals surface area (Å²) in [5.41, 5.74) is 2.81. The lowest BCUT2D eigenvalue weighted by atomic mass is 10.0.